The first kappa shape index (κ1) is 29.0. The maximum absolute atomic E-state index is 6.67. The molecule has 0 aliphatic heterocycles. The molecule has 0 amide bonds. The Kier molecular flexibility index (Phi) is 6.74. The Bertz CT molecular complexity index is 2840. The van der Waals surface area contributed by atoms with Crippen molar-refractivity contribution in [1.29, 1.82) is 0 Å². The molecule has 3 heterocycles. The highest BCUT2D eigenvalue weighted by Gasteiger charge is 2.21. The Labute approximate surface area is 293 Å². The van der Waals surface area contributed by atoms with Gasteiger partial charge in [-0.3, -0.25) is 0 Å². The van der Waals surface area contributed by atoms with Crippen LogP contribution in [-0.2, 0) is 0 Å². The fourth-order valence-corrected chi connectivity index (χ4v) is 7.12. The molecule has 5 heteroatoms. The van der Waals surface area contributed by atoms with Crippen molar-refractivity contribution in [1.82, 2.24) is 19.9 Å². The van der Waals surface area contributed by atoms with Gasteiger partial charge in [-0.25, -0.2) is 19.9 Å². The molecule has 0 aliphatic rings. The van der Waals surface area contributed by atoms with Crippen molar-refractivity contribution in [3.8, 4) is 56.5 Å². The van der Waals surface area contributed by atoms with E-state index in [9.17, 15) is 0 Å². The van der Waals surface area contributed by atoms with Crippen molar-refractivity contribution in [2.75, 3.05) is 0 Å². The van der Waals surface area contributed by atoms with Crippen LogP contribution in [0.4, 0.5) is 0 Å². The SMILES string of the molecule is c1ccc(-c2nc(-c3ccccc3)nc(-c3ccc(-c4cccc5nc(-c6cccc7ccccc67)c6oc7ccccc7c6c45)cc3)n2)cc1. The first-order valence-electron chi connectivity index (χ1n) is 17.0. The molecule has 0 unspecified atom stereocenters. The monoisotopic (exact) mass is 652 g/mol. The van der Waals surface area contributed by atoms with Gasteiger partial charge in [0.05, 0.1) is 5.52 Å². The minimum atomic E-state index is 0.622. The molecular formula is C46H28N4O. The van der Waals surface area contributed by atoms with E-state index in [1.54, 1.807) is 0 Å². The first-order valence-corrected chi connectivity index (χ1v) is 17.0. The van der Waals surface area contributed by atoms with Gasteiger partial charge in [0.25, 0.3) is 0 Å². The number of para-hydroxylation sites is 1. The number of fused-ring (bicyclic) bond motifs is 6. The highest BCUT2D eigenvalue weighted by Crippen LogP contribution is 2.44. The number of benzene rings is 7. The Morgan fingerprint density at radius 1 is 0.353 bits per heavy atom. The van der Waals surface area contributed by atoms with Crippen molar-refractivity contribution < 1.29 is 4.42 Å². The molecule has 10 rings (SSSR count). The molecular weight excluding hydrogens is 625 g/mol. The molecule has 7 aromatic carbocycles. The summed E-state index contributed by atoms with van der Waals surface area (Å²) in [6.07, 6.45) is 0. The third kappa shape index (κ3) is 4.94. The van der Waals surface area contributed by atoms with Crippen LogP contribution in [0.25, 0.3) is 100 Å². The van der Waals surface area contributed by atoms with Gasteiger partial charge < -0.3 is 4.42 Å². The summed E-state index contributed by atoms with van der Waals surface area (Å²) in [5, 5.41) is 5.50. The first-order chi connectivity index (χ1) is 25.3. The summed E-state index contributed by atoms with van der Waals surface area (Å²) in [5.41, 5.74) is 9.38. The molecule has 5 nitrogen and oxygen atoms in total. The lowest BCUT2D eigenvalue weighted by atomic mass is 9.94. The van der Waals surface area contributed by atoms with Crippen molar-refractivity contribution >= 4 is 43.6 Å². The summed E-state index contributed by atoms with van der Waals surface area (Å²) in [4.78, 5) is 20.1. The van der Waals surface area contributed by atoms with Gasteiger partial charge in [0.2, 0.25) is 0 Å². The van der Waals surface area contributed by atoms with E-state index in [1.165, 1.54) is 5.39 Å². The minimum absolute atomic E-state index is 0.622. The Morgan fingerprint density at radius 2 is 0.882 bits per heavy atom. The number of hydrogen-bond donors (Lipinski definition) is 0. The van der Waals surface area contributed by atoms with Crippen LogP contribution in [-0.4, -0.2) is 19.9 Å². The van der Waals surface area contributed by atoms with Gasteiger partial charge in [-0.15, -0.1) is 0 Å². The topological polar surface area (TPSA) is 64.7 Å². The van der Waals surface area contributed by atoms with Crippen molar-refractivity contribution in [2.45, 2.75) is 0 Å². The predicted octanol–water partition coefficient (Wildman–Crippen LogP) is 11.8. The number of furan rings is 1. The Morgan fingerprint density at radius 3 is 1.59 bits per heavy atom. The summed E-state index contributed by atoms with van der Waals surface area (Å²) in [7, 11) is 0. The lowest BCUT2D eigenvalue weighted by Gasteiger charge is -2.13. The van der Waals surface area contributed by atoms with Gasteiger partial charge in [0, 0.05) is 38.4 Å². The van der Waals surface area contributed by atoms with Crippen LogP contribution in [0, 0.1) is 0 Å². The smallest absolute Gasteiger partial charge is 0.164 e. The van der Waals surface area contributed by atoms with Gasteiger partial charge in [-0.05, 0) is 34.0 Å². The third-order valence-electron chi connectivity index (χ3n) is 9.53. The zero-order chi connectivity index (χ0) is 33.7. The zero-order valence-corrected chi connectivity index (χ0v) is 27.4. The van der Waals surface area contributed by atoms with E-state index >= 15 is 0 Å². The van der Waals surface area contributed by atoms with Crippen LogP contribution in [0.3, 0.4) is 0 Å². The molecule has 0 saturated carbocycles. The lowest BCUT2D eigenvalue weighted by Crippen LogP contribution is -2.00. The maximum Gasteiger partial charge on any atom is 0.164 e. The van der Waals surface area contributed by atoms with E-state index in [4.69, 9.17) is 24.4 Å². The van der Waals surface area contributed by atoms with E-state index < -0.39 is 0 Å². The van der Waals surface area contributed by atoms with Crippen LogP contribution in [0.5, 0.6) is 0 Å². The summed E-state index contributed by atoms with van der Waals surface area (Å²) in [6.45, 7) is 0. The maximum atomic E-state index is 6.67. The standard InChI is InChI=1S/C46H28N4O/c1-3-14-31(15-4-1)44-48-45(32-16-5-2-6-17-32)50-46(49-44)33-27-25-30(26-28-33)35-21-12-23-38-40(35)41-37-20-9-10-24-39(37)51-43(41)42(47-38)36-22-11-18-29-13-7-8-19-34(29)36/h1-28H. The van der Waals surface area contributed by atoms with Crippen LogP contribution < -0.4 is 0 Å². The van der Waals surface area contributed by atoms with Crippen molar-refractivity contribution in [3.63, 3.8) is 0 Å². The van der Waals surface area contributed by atoms with E-state index in [2.05, 4.69) is 97.1 Å². The molecule has 0 spiro atoms. The third-order valence-corrected chi connectivity index (χ3v) is 9.53. The van der Waals surface area contributed by atoms with Crippen molar-refractivity contribution in [3.05, 3.63) is 170 Å². The molecule has 238 valence electrons. The average molecular weight is 653 g/mol. The highest BCUT2D eigenvalue weighted by molar-refractivity contribution is 6.25. The largest absolute Gasteiger partial charge is 0.454 e. The molecule has 10 aromatic rings. The van der Waals surface area contributed by atoms with Crippen LogP contribution >= 0.6 is 0 Å². The number of nitrogens with zero attached hydrogens (tertiary/aromatic N) is 4. The number of aromatic nitrogens is 4. The van der Waals surface area contributed by atoms with Gasteiger partial charge in [0.1, 0.15) is 11.3 Å². The van der Waals surface area contributed by atoms with Crippen molar-refractivity contribution in [2.24, 2.45) is 0 Å². The minimum Gasteiger partial charge on any atom is -0.454 e. The summed E-state index contributed by atoms with van der Waals surface area (Å²) in [5.74, 6) is 1.90. The summed E-state index contributed by atoms with van der Waals surface area (Å²) in [6, 6.07) is 58.0. The highest BCUT2D eigenvalue weighted by atomic mass is 16.3. The second kappa shape index (κ2) is 11.9. The van der Waals surface area contributed by atoms with Crippen LogP contribution in [0.15, 0.2) is 174 Å². The molecule has 0 aliphatic carbocycles. The zero-order valence-electron chi connectivity index (χ0n) is 27.4. The van der Waals surface area contributed by atoms with E-state index in [-0.39, 0.29) is 0 Å². The van der Waals surface area contributed by atoms with Gasteiger partial charge in [-0.1, -0.05) is 158 Å². The van der Waals surface area contributed by atoms with Gasteiger partial charge >= 0.3 is 0 Å². The van der Waals surface area contributed by atoms with E-state index in [0.717, 1.165) is 77.3 Å². The average Bonchev–Trinajstić information content (AvgIpc) is 3.61. The predicted molar refractivity (Wildman–Crippen MR) is 207 cm³/mol. The van der Waals surface area contributed by atoms with Crippen LogP contribution in [0.2, 0.25) is 0 Å². The van der Waals surface area contributed by atoms with Gasteiger partial charge in [-0.2, -0.15) is 0 Å². The second-order valence-electron chi connectivity index (χ2n) is 12.6. The fraction of sp³-hybridized carbons (Fsp3) is 0. The van der Waals surface area contributed by atoms with Crippen LogP contribution in [0.1, 0.15) is 0 Å². The number of pyridine rings is 1. The molecule has 0 radical (unpaired) electrons. The molecule has 0 fully saturated rings. The number of rotatable bonds is 5. The van der Waals surface area contributed by atoms with E-state index in [0.29, 0.717) is 17.5 Å². The fourth-order valence-electron chi connectivity index (χ4n) is 7.12. The molecule has 0 atom stereocenters. The quantitative estimate of drug-likeness (QED) is 0.185. The summed E-state index contributed by atoms with van der Waals surface area (Å²) < 4.78 is 6.67. The molecule has 0 bridgehead atoms. The summed E-state index contributed by atoms with van der Waals surface area (Å²) >= 11 is 0. The molecule has 0 saturated heterocycles. The van der Waals surface area contributed by atoms with Gasteiger partial charge in [0.15, 0.2) is 23.1 Å². The Balaban J connectivity index is 1.15. The lowest BCUT2D eigenvalue weighted by molar-refractivity contribution is 0.669. The Hall–Kier alpha value is -6.98. The number of hydrogen-bond acceptors (Lipinski definition) is 5. The molecule has 51 heavy (non-hydrogen) atoms. The van der Waals surface area contributed by atoms with E-state index in [1.807, 2.05) is 72.8 Å². The normalized spacial score (nSPS) is 11.5. The second-order valence-corrected chi connectivity index (χ2v) is 12.6. The molecule has 3 aromatic heterocycles. The molecule has 0 N–H and O–H groups in total.